The highest BCUT2D eigenvalue weighted by Gasteiger charge is 2.26. The maximum Gasteiger partial charge on any atom is 0.192 e. The zero-order valence-corrected chi connectivity index (χ0v) is 11.1. The third kappa shape index (κ3) is 3.35. The molecule has 1 aromatic rings. The van der Waals surface area contributed by atoms with E-state index in [1.165, 1.54) is 0 Å². The monoisotopic (exact) mass is 265 g/mol. The summed E-state index contributed by atoms with van der Waals surface area (Å²) >= 11 is 0. The van der Waals surface area contributed by atoms with Crippen molar-refractivity contribution in [3.8, 4) is 5.75 Å². The maximum absolute atomic E-state index is 8.75. The molecule has 0 aromatic carbocycles. The molecule has 2 rings (SSSR count). The summed E-state index contributed by atoms with van der Waals surface area (Å²) in [7, 11) is 0. The summed E-state index contributed by atoms with van der Waals surface area (Å²) in [5.41, 5.74) is 5.95. The molecule has 19 heavy (non-hydrogen) atoms. The van der Waals surface area contributed by atoms with E-state index in [2.05, 4.69) is 10.1 Å². The smallest absolute Gasteiger partial charge is 0.192 e. The van der Waals surface area contributed by atoms with E-state index in [1.807, 2.05) is 13.8 Å². The average molecular weight is 265 g/mol. The van der Waals surface area contributed by atoms with Crippen LogP contribution in [0, 0.1) is 0 Å². The normalized spacial score (nSPS) is 28.1. The van der Waals surface area contributed by atoms with E-state index in [-0.39, 0.29) is 24.1 Å². The van der Waals surface area contributed by atoms with Gasteiger partial charge >= 0.3 is 0 Å². The first-order valence-electron chi connectivity index (χ1n) is 6.35. The maximum atomic E-state index is 8.75. The van der Waals surface area contributed by atoms with Crippen LogP contribution >= 0.6 is 0 Å². The van der Waals surface area contributed by atoms with Crippen molar-refractivity contribution in [3.63, 3.8) is 0 Å². The van der Waals surface area contributed by atoms with Gasteiger partial charge in [-0.2, -0.15) is 0 Å². The molecule has 1 saturated heterocycles. The Balaban J connectivity index is 2.15. The van der Waals surface area contributed by atoms with Crippen LogP contribution in [0.2, 0.25) is 0 Å². The second-order valence-electron chi connectivity index (χ2n) is 4.80. The van der Waals surface area contributed by atoms with E-state index in [0.29, 0.717) is 11.4 Å². The lowest BCUT2D eigenvalue weighted by atomic mass is 10.0. The molecule has 0 bridgehead atoms. The molecule has 6 nitrogen and oxygen atoms in total. The number of nitrogens with zero attached hydrogens (tertiary/aromatic N) is 2. The Labute approximate surface area is 112 Å². The van der Waals surface area contributed by atoms with Gasteiger partial charge in [-0.25, -0.2) is 4.98 Å². The zero-order chi connectivity index (χ0) is 13.8. The van der Waals surface area contributed by atoms with Crippen molar-refractivity contribution in [2.45, 2.75) is 45.0 Å². The quantitative estimate of drug-likeness (QED) is 0.374. The molecule has 0 radical (unpaired) electrons. The molecular weight excluding hydrogens is 246 g/mol. The lowest BCUT2D eigenvalue weighted by Crippen LogP contribution is -2.36. The third-order valence-corrected chi connectivity index (χ3v) is 3.07. The Bertz CT molecular complexity index is 454. The first kappa shape index (κ1) is 13.6. The number of oxime groups is 1. The summed E-state index contributed by atoms with van der Waals surface area (Å²) in [6.45, 7) is 4.05. The standard InChI is InChI=1S/C13H19N3O3/c1-8-6-10(7-9(2)18-8)19-11-4-3-5-15-12(11)13(14)16-17/h3-5,8-10,17H,6-7H2,1-2H3,(H2,14,16). The Morgan fingerprint density at radius 1 is 1.47 bits per heavy atom. The predicted molar refractivity (Wildman–Crippen MR) is 70.4 cm³/mol. The fourth-order valence-corrected chi connectivity index (χ4v) is 2.35. The lowest BCUT2D eigenvalue weighted by molar-refractivity contribution is -0.0722. The van der Waals surface area contributed by atoms with Crippen LogP contribution in [-0.2, 0) is 4.74 Å². The topological polar surface area (TPSA) is 90.0 Å². The Kier molecular flexibility index (Phi) is 4.21. The summed E-state index contributed by atoms with van der Waals surface area (Å²) in [5.74, 6) is 0.479. The second-order valence-corrected chi connectivity index (χ2v) is 4.80. The number of amidine groups is 1. The van der Waals surface area contributed by atoms with Gasteiger partial charge in [0.1, 0.15) is 11.9 Å². The van der Waals surface area contributed by atoms with Crippen molar-refractivity contribution >= 4 is 5.84 Å². The van der Waals surface area contributed by atoms with Gasteiger partial charge in [-0.1, -0.05) is 5.16 Å². The third-order valence-electron chi connectivity index (χ3n) is 3.07. The van der Waals surface area contributed by atoms with E-state index in [4.69, 9.17) is 20.4 Å². The van der Waals surface area contributed by atoms with Crippen LogP contribution in [0.25, 0.3) is 0 Å². The van der Waals surface area contributed by atoms with Crippen LogP contribution in [0.1, 0.15) is 32.4 Å². The Hall–Kier alpha value is -1.82. The van der Waals surface area contributed by atoms with Crippen molar-refractivity contribution in [2.24, 2.45) is 10.9 Å². The van der Waals surface area contributed by atoms with Crippen molar-refractivity contribution in [1.29, 1.82) is 0 Å². The molecule has 6 heteroatoms. The summed E-state index contributed by atoms with van der Waals surface area (Å²) in [4.78, 5) is 4.08. The highest BCUT2D eigenvalue weighted by Crippen LogP contribution is 2.25. The van der Waals surface area contributed by atoms with Gasteiger partial charge < -0.3 is 20.4 Å². The molecule has 2 atom stereocenters. The molecule has 1 fully saturated rings. The fourth-order valence-electron chi connectivity index (χ4n) is 2.35. The van der Waals surface area contributed by atoms with Crippen LogP contribution < -0.4 is 10.5 Å². The SMILES string of the molecule is CC1CC(Oc2cccnc2/C(N)=N/O)CC(C)O1. The van der Waals surface area contributed by atoms with Gasteiger partial charge in [-0.15, -0.1) is 0 Å². The Morgan fingerprint density at radius 2 is 2.16 bits per heavy atom. The van der Waals surface area contributed by atoms with Gasteiger partial charge in [-0.3, -0.25) is 0 Å². The molecule has 0 saturated carbocycles. The van der Waals surface area contributed by atoms with E-state index < -0.39 is 0 Å². The molecule has 0 amide bonds. The van der Waals surface area contributed by atoms with E-state index in [0.717, 1.165) is 12.8 Å². The number of ether oxygens (including phenoxy) is 2. The van der Waals surface area contributed by atoms with Crippen molar-refractivity contribution < 1.29 is 14.7 Å². The predicted octanol–water partition coefficient (Wildman–Crippen LogP) is 1.51. The molecule has 2 heterocycles. The minimum atomic E-state index is -0.0521. The highest BCUT2D eigenvalue weighted by atomic mass is 16.5. The summed E-state index contributed by atoms with van der Waals surface area (Å²) in [5, 5.41) is 11.7. The number of nitrogens with two attached hydrogens (primary N) is 1. The van der Waals surface area contributed by atoms with E-state index in [1.54, 1.807) is 18.3 Å². The molecule has 1 aromatic heterocycles. The molecule has 2 unspecified atom stereocenters. The van der Waals surface area contributed by atoms with Crippen LogP contribution in [-0.4, -0.2) is 34.3 Å². The van der Waals surface area contributed by atoms with Crippen molar-refractivity contribution in [1.82, 2.24) is 4.98 Å². The molecular formula is C13H19N3O3. The average Bonchev–Trinajstić information content (AvgIpc) is 2.37. The van der Waals surface area contributed by atoms with E-state index in [9.17, 15) is 0 Å². The zero-order valence-electron chi connectivity index (χ0n) is 11.1. The molecule has 104 valence electrons. The molecule has 1 aliphatic rings. The summed E-state index contributed by atoms with van der Waals surface area (Å²) in [6, 6.07) is 3.53. The molecule has 3 N–H and O–H groups in total. The lowest BCUT2D eigenvalue weighted by Gasteiger charge is -2.32. The molecule has 0 aliphatic carbocycles. The Morgan fingerprint density at radius 3 is 2.79 bits per heavy atom. The fraction of sp³-hybridized carbons (Fsp3) is 0.538. The largest absolute Gasteiger partial charge is 0.488 e. The molecule has 0 spiro atoms. The number of hydrogen-bond donors (Lipinski definition) is 2. The van der Waals surface area contributed by atoms with Crippen LogP contribution in [0.3, 0.4) is 0 Å². The van der Waals surface area contributed by atoms with Crippen LogP contribution in [0.5, 0.6) is 5.75 Å². The second kappa shape index (κ2) is 5.88. The minimum Gasteiger partial charge on any atom is -0.488 e. The first-order valence-corrected chi connectivity index (χ1v) is 6.35. The van der Waals surface area contributed by atoms with Gasteiger partial charge in [0.05, 0.1) is 12.2 Å². The number of hydrogen-bond acceptors (Lipinski definition) is 5. The van der Waals surface area contributed by atoms with Gasteiger partial charge in [0, 0.05) is 19.0 Å². The van der Waals surface area contributed by atoms with Gasteiger partial charge in [-0.05, 0) is 26.0 Å². The van der Waals surface area contributed by atoms with E-state index >= 15 is 0 Å². The van der Waals surface area contributed by atoms with Crippen LogP contribution in [0.4, 0.5) is 0 Å². The molecule has 1 aliphatic heterocycles. The minimum absolute atomic E-state index is 0.0493. The van der Waals surface area contributed by atoms with Gasteiger partial charge in [0.25, 0.3) is 0 Å². The summed E-state index contributed by atoms with van der Waals surface area (Å²) in [6.07, 6.45) is 3.59. The van der Waals surface area contributed by atoms with Gasteiger partial charge in [0.2, 0.25) is 0 Å². The van der Waals surface area contributed by atoms with Crippen molar-refractivity contribution in [3.05, 3.63) is 24.0 Å². The van der Waals surface area contributed by atoms with Crippen LogP contribution in [0.15, 0.2) is 23.5 Å². The van der Waals surface area contributed by atoms with Gasteiger partial charge in [0.15, 0.2) is 11.5 Å². The summed E-state index contributed by atoms with van der Waals surface area (Å²) < 4.78 is 11.6. The first-order chi connectivity index (χ1) is 9.10. The highest BCUT2D eigenvalue weighted by molar-refractivity contribution is 5.97. The number of aromatic nitrogens is 1. The van der Waals surface area contributed by atoms with Crippen molar-refractivity contribution in [2.75, 3.05) is 0 Å². The number of rotatable bonds is 3. The number of pyridine rings is 1.